The first kappa shape index (κ1) is 23.6. The molecule has 1 unspecified atom stereocenters. The molecule has 0 bridgehead atoms. The third kappa shape index (κ3) is 12.0. The molecule has 8 nitrogen and oxygen atoms in total. The Kier molecular flexibility index (Phi) is 11.7. The van der Waals surface area contributed by atoms with Gasteiger partial charge in [0.2, 0.25) is 0 Å². The summed E-state index contributed by atoms with van der Waals surface area (Å²) >= 11 is 0. The number of nitrogens with one attached hydrogen (secondary N) is 2. The molecule has 4 amide bonds. The van der Waals surface area contributed by atoms with Crippen LogP contribution in [-0.2, 0) is 0 Å². The van der Waals surface area contributed by atoms with Crippen LogP contribution in [0.5, 0.6) is 0 Å². The topological polar surface area (TPSA) is 135 Å². The van der Waals surface area contributed by atoms with Gasteiger partial charge >= 0.3 is 12.1 Å². The zero-order chi connectivity index (χ0) is 19.4. The number of urea groups is 2. The minimum Gasteiger partial charge on any atom is -0.350 e. The molecule has 0 aromatic heterocycles. The first-order valence-corrected chi connectivity index (χ1v) is 7.39. The van der Waals surface area contributed by atoms with Gasteiger partial charge in [-0.15, -0.1) is 0 Å². The lowest BCUT2D eigenvalue weighted by Gasteiger charge is -2.09. The van der Waals surface area contributed by atoms with Gasteiger partial charge in [0.05, 0.1) is 5.71 Å². The maximum absolute atomic E-state index is 10.3. The number of carbonyl (C=O) groups excluding carboxylic acids is 2. The van der Waals surface area contributed by atoms with E-state index in [0.717, 1.165) is 22.6 Å². The van der Waals surface area contributed by atoms with E-state index < -0.39 is 12.1 Å². The first-order chi connectivity index (χ1) is 10.9. The molecule has 0 aromatic carbocycles. The van der Waals surface area contributed by atoms with E-state index in [1.165, 1.54) is 5.57 Å². The predicted molar refractivity (Wildman–Crippen MR) is 99.7 cm³/mol. The number of nitrogens with zero attached hydrogens (tertiary/aromatic N) is 2. The average Bonchev–Trinajstić information content (AvgIpc) is 2.48. The molecule has 0 fully saturated rings. The van der Waals surface area contributed by atoms with E-state index in [1.807, 2.05) is 48.5 Å². The monoisotopic (exact) mass is 338 g/mol. The van der Waals surface area contributed by atoms with Crippen molar-refractivity contribution in [2.24, 2.45) is 27.6 Å². The van der Waals surface area contributed by atoms with E-state index >= 15 is 0 Å². The Hall–Kier alpha value is -2.64. The third-order valence-corrected chi connectivity index (χ3v) is 3.33. The molecule has 0 saturated carbocycles. The van der Waals surface area contributed by atoms with Gasteiger partial charge in [0.1, 0.15) is 0 Å². The zero-order valence-electron chi connectivity index (χ0n) is 15.7. The van der Waals surface area contributed by atoms with Crippen LogP contribution in [0, 0.1) is 5.92 Å². The summed E-state index contributed by atoms with van der Waals surface area (Å²) in [5.74, 6) is 0.164. The molecule has 136 valence electrons. The predicted octanol–water partition coefficient (Wildman–Crippen LogP) is 2.63. The van der Waals surface area contributed by atoms with Gasteiger partial charge < -0.3 is 11.5 Å². The summed E-state index contributed by atoms with van der Waals surface area (Å²) < 4.78 is 0. The molecule has 0 aromatic rings. The van der Waals surface area contributed by atoms with Gasteiger partial charge in [-0.1, -0.05) is 24.6 Å². The molecule has 0 radical (unpaired) electrons. The maximum Gasteiger partial charge on any atom is 0.332 e. The normalized spacial score (nSPS) is 12.3. The molecule has 24 heavy (non-hydrogen) atoms. The van der Waals surface area contributed by atoms with Crippen LogP contribution in [0.2, 0.25) is 0 Å². The Morgan fingerprint density at radius 3 is 1.67 bits per heavy atom. The SMILES string of the molecule is C=C(C)C(C)/C(C)=N/NC(N)=O.CC(C)=C(C)/C(C)=N/NC(N)=O. The van der Waals surface area contributed by atoms with Crippen molar-refractivity contribution in [3.05, 3.63) is 23.3 Å². The van der Waals surface area contributed by atoms with Crippen LogP contribution < -0.4 is 22.3 Å². The van der Waals surface area contributed by atoms with Gasteiger partial charge in [0, 0.05) is 11.6 Å². The zero-order valence-corrected chi connectivity index (χ0v) is 15.7. The summed E-state index contributed by atoms with van der Waals surface area (Å²) in [7, 11) is 0. The number of hydrogen-bond donors (Lipinski definition) is 4. The van der Waals surface area contributed by atoms with Crippen molar-refractivity contribution in [2.45, 2.75) is 48.5 Å². The van der Waals surface area contributed by atoms with Gasteiger partial charge in [0.15, 0.2) is 0 Å². The molecule has 1 atom stereocenters. The summed E-state index contributed by atoms with van der Waals surface area (Å²) in [6, 6.07) is -1.29. The van der Waals surface area contributed by atoms with E-state index in [0.29, 0.717) is 0 Å². The van der Waals surface area contributed by atoms with Crippen molar-refractivity contribution >= 4 is 23.5 Å². The van der Waals surface area contributed by atoms with E-state index in [-0.39, 0.29) is 5.92 Å². The lowest BCUT2D eigenvalue weighted by molar-refractivity contribution is 0.248. The molecule has 0 heterocycles. The quantitative estimate of drug-likeness (QED) is 0.348. The lowest BCUT2D eigenvalue weighted by atomic mass is 10.0. The fourth-order valence-electron chi connectivity index (χ4n) is 1.18. The van der Waals surface area contributed by atoms with Gasteiger partial charge in [-0.2, -0.15) is 10.2 Å². The molecule has 0 saturated heterocycles. The van der Waals surface area contributed by atoms with E-state index in [2.05, 4.69) is 27.6 Å². The standard InChI is InChI=1S/2C8H15N3O/c2*1-5(2)6(3)7(4)10-11-8(9)12/h1-4H3,(H3,9,11,12);6H,1H2,2-4H3,(H3,9,11,12)/b2*10-7+. The van der Waals surface area contributed by atoms with Crippen molar-refractivity contribution in [3.63, 3.8) is 0 Å². The molecule has 0 aliphatic carbocycles. The highest BCUT2D eigenvalue weighted by Gasteiger charge is 2.05. The van der Waals surface area contributed by atoms with E-state index in [9.17, 15) is 9.59 Å². The first-order valence-electron chi connectivity index (χ1n) is 7.39. The Morgan fingerprint density at radius 1 is 0.917 bits per heavy atom. The average molecular weight is 338 g/mol. The third-order valence-electron chi connectivity index (χ3n) is 3.33. The number of allylic oxidation sites excluding steroid dienone is 3. The van der Waals surface area contributed by atoms with Crippen molar-refractivity contribution in [1.29, 1.82) is 0 Å². The van der Waals surface area contributed by atoms with Gasteiger partial charge in [-0.05, 0) is 47.1 Å². The number of hydrazone groups is 2. The van der Waals surface area contributed by atoms with Gasteiger partial charge in [-0.25, -0.2) is 20.4 Å². The van der Waals surface area contributed by atoms with Crippen LogP contribution in [0.25, 0.3) is 0 Å². The maximum atomic E-state index is 10.3. The number of carbonyl (C=O) groups is 2. The van der Waals surface area contributed by atoms with Crippen LogP contribution in [-0.4, -0.2) is 23.5 Å². The Morgan fingerprint density at radius 2 is 1.33 bits per heavy atom. The van der Waals surface area contributed by atoms with Gasteiger partial charge in [0.25, 0.3) is 0 Å². The number of nitrogens with two attached hydrogens (primary N) is 2. The van der Waals surface area contributed by atoms with E-state index in [4.69, 9.17) is 11.5 Å². The summed E-state index contributed by atoms with van der Waals surface area (Å²) in [5.41, 5.74) is 18.8. The molecule has 0 rings (SSSR count). The van der Waals surface area contributed by atoms with Gasteiger partial charge in [-0.3, -0.25) is 0 Å². The lowest BCUT2D eigenvalue weighted by Crippen LogP contribution is -2.26. The Bertz CT molecular complexity index is 557. The highest BCUT2D eigenvalue weighted by atomic mass is 16.2. The van der Waals surface area contributed by atoms with Crippen molar-refractivity contribution in [1.82, 2.24) is 10.9 Å². The van der Waals surface area contributed by atoms with Crippen LogP contribution >= 0.6 is 0 Å². The molecular formula is C16H30N6O2. The minimum atomic E-state index is -0.650. The molecule has 0 aliphatic rings. The largest absolute Gasteiger partial charge is 0.350 e. The summed E-state index contributed by atoms with van der Waals surface area (Å²) in [6.07, 6.45) is 0. The van der Waals surface area contributed by atoms with Crippen LogP contribution in [0.1, 0.15) is 48.5 Å². The number of primary amides is 2. The number of amides is 4. The number of hydrogen-bond acceptors (Lipinski definition) is 4. The summed E-state index contributed by atoms with van der Waals surface area (Å²) in [4.78, 5) is 20.6. The van der Waals surface area contributed by atoms with Crippen molar-refractivity contribution < 1.29 is 9.59 Å². The van der Waals surface area contributed by atoms with Crippen molar-refractivity contribution in [2.75, 3.05) is 0 Å². The smallest absolute Gasteiger partial charge is 0.332 e. The molecule has 6 N–H and O–H groups in total. The minimum absolute atomic E-state index is 0.164. The fraction of sp³-hybridized carbons (Fsp3) is 0.500. The molecule has 0 spiro atoms. The fourth-order valence-corrected chi connectivity index (χ4v) is 1.18. The second-order valence-electron chi connectivity index (χ2n) is 5.60. The second kappa shape index (κ2) is 11.9. The van der Waals surface area contributed by atoms with Crippen LogP contribution in [0.4, 0.5) is 9.59 Å². The molecule has 0 aliphatic heterocycles. The highest BCUT2D eigenvalue weighted by molar-refractivity contribution is 5.98. The summed E-state index contributed by atoms with van der Waals surface area (Å²) in [6.45, 7) is 17.2. The van der Waals surface area contributed by atoms with Crippen LogP contribution in [0.15, 0.2) is 33.5 Å². The van der Waals surface area contributed by atoms with Crippen LogP contribution in [0.3, 0.4) is 0 Å². The van der Waals surface area contributed by atoms with Crippen molar-refractivity contribution in [3.8, 4) is 0 Å². The second-order valence-corrected chi connectivity index (χ2v) is 5.60. The Balaban J connectivity index is 0. The summed E-state index contributed by atoms with van der Waals surface area (Å²) in [5, 5.41) is 7.56. The Labute approximate surface area is 144 Å². The number of rotatable bonds is 5. The highest BCUT2D eigenvalue weighted by Crippen LogP contribution is 2.08. The molecule has 8 heteroatoms. The van der Waals surface area contributed by atoms with E-state index in [1.54, 1.807) is 0 Å². The molecular weight excluding hydrogens is 308 g/mol.